The SMILES string of the molecule is COC(=O)CNC(=O)c1ccc(-c2ccccc2F)o1. The fourth-order valence-corrected chi connectivity index (χ4v) is 1.58. The second-order valence-corrected chi connectivity index (χ2v) is 3.90. The molecule has 2 rings (SSSR count). The molecule has 0 fully saturated rings. The van der Waals surface area contributed by atoms with Crippen molar-refractivity contribution < 1.29 is 23.1 Å². The molecule has 1 aromatic carbocycles. The number of hydrogen-bond donors (Lipinski definition) is 1. The molecule has 6 heteroatoms. The van der Waals surface area contributed by atoms with E-state index in [2.05, 4.69) is 10.1 Å². The minimum Gasteiger partial charge on any atom is -0.468 e. The van der Waals surface area contributed by atoms with Gasteiger partial charge in [0.25, 0.3) is 5.91 Å². The Morgan fingerprint density at radius 2 is 2.00 bits per heavy atom. The number of carbonyl (C=O) groups is 2. The van der Waals surface area contributed by atoms with Gasteiger partial charge in [-0.3, -0.25) is 9.59 Å². The predicted octanol–water partition coefficient (Wildman–Crippen LogP) is 1.99. The van der Waals surface area contributed by atoms with Crippen molar-refractivity contribution in [3.63, 3.8) is 0 Å². The zero-order chi connectivity index (χ0) is 14.5. The third-order valence-corrected chi connectivity index (χ3v) is 2.59. The Morgan fingerprint density at radius 1 is 1.25 bits per heavy atom. The molecule has 0 atom stereocenters. The molecule has 20 heavy (non-hydrogen) atoms. The summed E-state index contributed by atoms with van der Waals surface area (Å²) in [5, 5.41) is 2.33. The molecule has 0 unspecified atom stereocenters. The average molecular weight is 277 g/mol. The van der Waals surface area contributed by atoms with Crippen LogP contribution in [0.3, 0.4) is 0 Å². The van der Waals surface area contributed by atoms with Gasteiger partial charge in [-0.15, -0.1) is 0 Å². The van der Waals surface area contributed by atoms with Gasteiger partial charge in [0.15, 0.2) is 5.76 Å². The summed E-state index contributed by atoms with van der Waals surface area (Å²) in [6, 6.07) is 8.97. The minimum atomic E-state index is -0.571. The fraction of sp³-hybridized carbons (Fsp3) is 0.143. The normalized spacial score (nSPS) is 10.1. The monoisotopic (exact) mass is 277 g/mol. The summed E-state index contributed by atoms with van der Waals surface area (Å²) >= 11 is 0. The van der Waals surface area contributed by atoms with Crippen LogP contribution in [0.2, 0.25) is 0 Å². The molecule has 1 N–H and O–H groups in total. The van der Waals surface area contributed by atoms with Gasteiger partial charge in [0.1, 0.15) is 18.1 Å². The van der Waals surface area contributed by atoms with Crippen molar-refractivity contribution in [2.45, 2.75) is 0 Å². The molecule has 1 heterocycles. The Kier molecular flexibility index (Phi) is 4.14. The van der Waals surface area contributed by atoms with Crippen molar-refractivity contribution in [2.24, 2.45) is 0 Å². The Morgan fingerprint density at radius 3 is 2.70 bits per heavy atom. The Bertz CT molecular complexity index is 636. The van der Waals surface area contributed by atoms with Crippen molar-refractivity contribution in [1.29, 1.82) is 0 Å². The second-order valence-electron chi connectivity index (χ2n) is 3.90. The molecule has 0 bridgehead atoms. The number of amides is 1. The molecule has 1 amide bonds. The number of furan rings is 1. The smallest absolute Gasteiger partial charge is 0.325 e. The van der Waals surface area contributed by atoms with Gasteiger partial charge in [0, 0.05) is 0 Å². The number of ether oxygens (including phenoxy) is 1. The van der Waals surface area contributed by atoms with Crippen molar-refractivity contribution in [3.05, 3.63) is 48.0 Å². The summed E-state index contributed by atoms with van der Waals surface area (Å²) in [5.41, 5.74) is 0.263. The molecule has 0 saturated carbocycles. The molecule has 0 spiro atoms. The van der Waals surface area contributed by atoms with Crippen molar-refractivity contribution in [2.75, 3.05) is 13.7 Å². The van der Waals surface area contributed by atoms with Gasteiger partial charge in [0.2, 0.25) is 0 Å². The molecular formula is C14H12FNO4. The maximum Gasteiger partial charge on any atom is 0.325 e. The van der Waals surface area contributed by atoms with Gasteiger partial charge in [-0.05, 0) is 24.3 Å². The van der Waals surface area contributed by atoms with E-state index in [1.54, 1.807) is 18.2 Å². The van der Waals surface area contributed by atoms with E-state index >= 15 is 0 Å². The van der Waals surface area contributed by atoms with E-state index in [0.717, 1.165) is 0 Å². The first kappa shape index (κ1) is 13.8. The number of hydrogen-bond acceptors (Lipinski definition) is 4. The van der Waals surface area contributed by atoms with Crippen LogP contribution in [0.1, 0.15) is 10.6 Å². The van der Waals surface area contributed by atoms with Crippen molar-refractivity contribution in [3.8, 4) is 11.3 Å². The second kappa shape index (κ2) is 6.01. The third-order valence-electron chi connectivity index (χ3n) is 2.59. The van der Waals surface area contributed by atoms with E-state index in [0.29, 0.717) is 0 Å². The summed E-state index contributed by atoms with van der Waals surface area (Å²) in [7, 11) is 1.22. The summed E-state index contributed by atoms with van der Waals surface area (Å²) in [6.07, 6.45) is 0. The fourth-order valence-electron chi connectivity index (χ4n) is 1.58. The lowest BCUT2D eigenvalue weighted by atomic mass is 10.1. The zero-order valence-corrected chi connectivity index (χ0v) is 10.7. The van der Waals surface area contributed by atoms with Gasteiger partial charge in [-0.1, -0.05) is 12.1 Å². The van der Waals surface area contributed by atoms with E-state index in [1.807, 2.05) is 0 Å². The first-order valence-corrected chi connectivity index (χ1v) is 5.81. The summed E-state index contributed by atoms with van der Waals surface area (Å²) in [4.78, 5) is 22.6. The Balaban J connectivity index is 2.11. The molecule has 5 nitrogen and oxygen atoms in total. The number of halogens is 1. The van der Waals surface area contributed by atoms with E-state index < -0.39 is 17.7 Å². The topological polar surface area (TPSA) is 68.5 Å². The van der Waals surface area contributed by atoms with Crippen molar-refractivity contribution >= 4 is 11.9 Å². The first-order chi connectivity index (χ1) is 9.61. The van der Waals surface area contributed by atoms with Gasteiger partial charge in [-0.2, -0.15) is 0 Å². The molecule has 104 valence electrons. The standard InChI is InChI=1S/C14H12FNO4/c1-19-13(17)8-16-14(18)12-7-6-11(20-12)9-4-2-3-5-10(9)15/h2-7H,8H2,1H3,(H,16,18). The molecule has 0 saturated heterocycles. The van der Waals surface area contributed by atoms with Crippen LogP contribution in [-0.4, -0.2) is 25.5 Å². The van der Waals surface area contributed by atoms with Crippen LogP contribution in [0.4, 0.5) is 4.39 Å². The van der Waals surface area contributed by atoms with Crippen LogP contribution in [0.25, 0.3) is 11.3 Å². The summed E-state index contributed by atoms with van der Waals surface area (Å²) < 4.78 is 23.2. The average Bonchev–Trinajstić information content (AvgIpc) is 2.94. The highest BCUT2D eigenvalue weighted by Crippen LogP contribution is 2.24. The molecule has 2 aromatic rings. The molecule has 0 radical (unpaired) electrons. The quantitative estimate of drug-likeness (QED) is 0.868. The molecule has 1 aromatic heterocycles. The molecule has 0 aliphatic heterocycles. The van der Waals surface area contributed by atoms with Crippen molar-refractivity contribution in [1.82, 2.24) is 5.32 Å². The maximum atomic E-state index is 13.6. The highest BCUT2D eigenvalue weighted by atomic mass is 19.1. The first-order valence-electron chi connectivity index (χ1n) is 5.81. The summed E-state index contributed by atoms with van der Waals surface area (Å²) in [6.45, 7) is -0.259. The number of benzene rings is 1. The zero-order valence-electron chi connectivity index (χ0n) is 10.7. The molecular weight excluding hydrogens is 265 g/mol. The van der Waals surface area contributed by atoms with Gasteiger partial charge >= 0.3 is 5.97 Å². The highest BCUT2D eigenvalue weighted by molar-refractivity contribution is 5.94. The third kappa shape index (κ3) is 3.03. The van der Waals surface area contributed by atoms with Crippen LogP contribution in [-0.2, 0) is 9.53 Å². The van der Waals surface area contributed by atoms with Crippen LogP contribution in [0.5, 0.6) is 0 Å². The Hall–Kier alpha value is -2.63. The van der Waals surface area contributed by atoms with Crippen LogP contribution in [0, 0.1) is 5.82 Å². The molecule has 0 aliphatic rings. The minimum absolute atomic E-state index is 0.00726. The number of nitrogens with one attached hydrogen (secondary N) is 1. The largest absolute Gasteiger partial charge is 0.468 e. The van der Waals surface area contributed by atoms with Crippen LogP contribution in [0.15, 0.2) is 40.8 Å². The van der Waals surface area contributed by atoms with Crippen LogP contribution < -0.4 is 5.32 Å². The van der Waals surface area contributed by atoms with E-state index in [-0.39, 0.29) is 23.6 Å². The van der Waals surface area contributed by atoms with E-state index in [1.165, 1.54) is 25.3 Å². The predicted molar refractivity (Wildman–Crippen MR) is 68.5 cm³/mol. The molecule has 0 aliphatic carbocycles. The number of rotatable bonds is 4. The van der Waals surface area contributed by atoms with Crippen LogP contribution >= 0.6 is 0 Å². The highest BCUT2D eigenvalue weighted by Gasteiger charge is 2.14. The lowest BCUT2D eigenvalue weighted by Crippen LogP contribution is -2.29. The maximum absolute atomic E-state index is 13.6. The van der Waals surface area contributed by atoms with Gasteiger partial charge in [-0.25, -0.2) is 4.39 Å². The number of carbonyl (C=O) groups excluding carboxylic acids is 2. The lowest BCUT2D eigenvalue weighted by molar-refractivity contribution is -0.139. The van der Waals surface area contributed by atoms with Gasteiger partial charge in [0.05, 0.1) is 12.7 Å². The van der Waals surface area contributed by atoms with E-state index in [9.17, 15) is 14.0 Å². The van der Waals surface area contributed by atoms with Gasteiger partial charge < -0.3 is 14.5 Å². The van der Waals surface area contributed by atoms with E-state index in [4.69, 9.17) is 4.42 Å². The Labute approximate surface area is 114 Å². The number of methoxy groups -OCH3 is 1. The summed E-state index contributed by atoms with van der Waals surface area (Å²) in [5.74, 6) is -1.35. The lowest BCUT2D eigenvalue weighted by Gasteiger charge is -2.01. The number of esters is 1.